The highest BCUT2D eigenvalue weighted by Gasteiger charge is 2.31. The maximum absolute atomic E-state index is 12.8. The number of rotatable bonds is 4. The van der Waals surface area contributed by atoms with Crippen molar-refractivity contribution in [3.63, 3.8) is 0 Å². The zero-order chi connectivity index (χ0) is 20.4. The van der Waals surface area contributed by atoms with Gasteiger partial charge in [0.25, 0.3) is 5.91 Å². The van der Waals surface area contributed by atoms with Crippen molar-refractivity contribution in [2.75, 3.05) is 26.2 Å². The van der Waals surface area contributed by atoms with Gasteiger partial charge in [0.1, 0.15) is 5.69 Å². The van der Waals surface area contributed by atoms with E-state index in [4.69, 9.17) is 0 Å². The number of piperazine rings is 1. The Morgan fingerprint density at radius 1 is 0.966 bits per heavy atom. The molecule has 0 unspecified atom stereocenters. The van der Waals surface area contributed by atoms with Gasteiger partial charge in [-0.15, -0.1) is 0 Å². The van der Waals surface area contributed by atoms with Crippen molar-refractivity contribution in [1.29, 1.82) is 0 Å². The molecule has 1 aromatic heterocycles. The van der Waals surface area contributed by atoms with Gasteiger partial charge in [-0.2, -0.15) is 9.40 Å². The smallest absolute Gasteiger partial charge is 0.271 e. The Hall–Kier alpha value is -2.49. The van der Waals surface area contributed by atoms with Gasteiger partial charge >= 0.3 is 0 Å². The number of carbonyl (C=O) groups excluding carboxylic acids is 1. The fraction of sp³-hybridized carbons (Fsp3) is 0.200. The zero-order valence-corrected chi connectivity index (χ0v) is 17.9. The molecule has 1 amide bonds. The Bertz CT molecular complexity index is 1110. The third-order valence-electron chi connectivity index (χ3n) is 4.86. The van der Waals surface area contributed by atoms with Gasteiger partial charge in [-0.05, 0) is 30.3 Å². The fourth-order valence-corrected chi connectivity index (χ4v) is 4.93. The van der Waals surface area contributed by atoms with Crippen LogP contribution in [0.3, 0.4) is 0 Å². The second kappa shape index (κ2) is 8.10. The molecule has 0 atom stereocenters. The van der Waals surface area contributed by atoms with Crippen molar-refractivity contribution in [3.05, 3.63) is 70.8 Å². The first kappa shape index (κ1) is 19.8. The highest BCUT2D eigenvalue weighted by Crippen LogP contribution is 2.21. The predicted octanol–water partition coefficient (Wildman–Crippen LogP) is 2.99. The normalized spacial score (nSPS) is 15.4. The molecule has 29 heavy (non-hydrogen) atoms. The Morgan fingerprint density at radius 2 is 1.62 bits per heavy atom. The fourth-order valence-electron chi connectivity index (χ4n) is 3.25. The average molecular weight is 475 g/mol. The largest absolute Gasteiger partial charge is 0.335 e. The Kier molecular flexibility index (Phi) is 5.53. The summed E-state index contributed by atoms with van der Waals surface area (Å²) in [7, 11) is -3.57. The first-order valence-electron chi connectivity index (χ1n) is 9.11. The van der Waals surface area contributed by atoms with E-state index in [9.17, 15) is 13.2 Å². The number of benzene rings is 2. The predicted molar refractivity (Wildman–Crippen MR) is 113 cm³/mol. The summed E-state index contributed by atoms with van der Waals surface area (Å²) in [4.78, 5) is 14.7. The lowest BCUT2D eigenvalue weighted by Gasteiger charge is -2.33. The van der Waals surface area contributed by atoms with Crippen LogP contribution >= 0.6 is 15.9 Å². The summed E-state index contributed by atoms with van der Waals surface area (Å²) < 4.78 is 27.8. The van der Waals surface area contributed by atoms with Crippen LogP contribution in [0.25, 0.3) is 11.3 Å². The molecule has 9 heteroatoms. The first-order chi connectivity index (χ1) is 13.9. The number of hydrogen-bond acceptors (Lipinski definition) is 4. The lowest BCUT2D eigenvalue weighted by Crippen LogP contribution is -2.50. The van der Waals surface area contributed by atoms with Crippen LogP contribution in [-0.4, -0.2) is 59.9 Å². The number of nitrogens with one attached hydrogen (secondary N) is 1. The molecule has 4 rings (SSSR count). The average Bonchev–Trinajstić information content (AvgIpc) is 3.24. The number of hydrogen-bond donors (Lipinski definition) is 1. The van der Waals surface area contributed by atoms with Crippen molar-refractivity contribution < 1.29 is 13.2 Å². The minimum atomic E-state index is -3.57. The molecule has 2 heterocycles. The third-order valence-corrected chi connectivity index (χ3v) is 7.30. The lowest BCUT2D eigenvalue weighted by atomic mass is 10.1. The molecule has 2 aromatic carbocycles. The minimum Gasteiger partial charge on any atom is -0.335 e. The van der Waals surface area contributed by atoms with E-state index >= 15 is 0 Å². The number of aromatic nitrogens is 2. The number of halogens is 1. The van der Waals surface area contributed by atoms with E-state index in [1.165, 1.54) is 4.31 Å². The Balaban J connectivity index is 1.42. The molecule has 150 valence electrons. The molecule has 0 spiro atoms. The monoisotopic (exact) mass is 474 g/mol. The standard InChI is InChI=1S/C20H19BrN4O3S/c21-16-6-8-17(9-7-16)29(27,28)25-12-10-24(11-13-25)20(26)19-14-18(22-23-19)15-4-2-1-3-5-15/h1-9,14H,10-13H2,(H,22,23). The number of sulfonamides is 1. The summed E-state index contributed by atoms with van der Waals surface area (Å²) in [5.74, 6) is -0.180. The topological polar surface area (TPSA) is 86.4 Å². The third kappa shape index (κ3) is 4.12. The summed E-state index contributed by atoms with van der Waals surface area (Å²) in [5, 5.41) is 7.02. The first-order valence-corrected chi connectivity index (χ1v) is 11.3. The molecule has 7 nitrogen and oxygen atoms in total. The van der Waals surface area contributed by atoms with E-state index in [1.54, 1.807) is 35.2 Å². The summed E-state index contributed by atoms with van der Waals surface area (Å²) in [5.41, 5.74) is 2.02. The van der Waals surface area contributed by atoms with E-state index in [0.29, 0.717) is 24.5 Å². The Labute approximate surface area is 177 Å². The molecule has 1 saturated heterocycles. The van der Waals surface area contributed by atoms with Crippen molar-refractivity contribution in [1.82, 2.24) is 19.4 Å². The van der Waals surface area contributed by atoms with Gasteiger partial charge in [0, 0.05) is 36.2 Å². The van der Waals surface area contributed by atoms with E-state index < -0.39 is 10.0 Å². The van der Waals surface area contributed by atoms with E-state index in [-0.39, 0.29) is 23.9 Å². The van der Waals surface area contributed by atoms with Crippen LogP contribution in [0.2, 0.25) is 0 Å². The van der Waals surface area contributed by atoms with Crippen molar-refractivity contribution >= 4 is 31.9 Å². The van der Waals surface area contributed by atoms with Crippen LogP contribution in [0.1, 0.15) is 10.5 Å². The SMILES string of the molecule is O=C(c1cc(-c2ccccc2)n[nH]1)N1CCN(S(=O)(=O)c2ccc(Br)cc2)CC1. The number of carbonyl (C=O) groups is 1. The molecule has 1 N–H and O–H groups in total. The molecule has 0 bridgehead atoms. The minimum absolute atomic E-state index is 0.180. The highest BCUT2D eigenvalue weighted by molar-refractivity contribution is 9.10. The van der Waals surface area contributed by atoms with Gasteiger partial charge < -0.3 is 4.90 Å². The van der Waals surface area contributed by atoms with Crippen molar-refractivity contribution in [2.45, 2.75) is 4.90 Å². The van der Waals surface area contributed by atoms with Gasteiger partial charge in [-0.25, -0.2) is 8.42 Å². The summed E-state index contributed by atoms with van der Waals surface area (Å²) in [6.45, 7) is 1.16. The summed E-state index contributed by atoms with van der Waals surface area (Å²) in [6.07, 6.45) is 0. The van der Waals surface area contributed by atoms with Crippen molar-refractivity contribution in [3.8, 4) is 11.3 Å². The van der Waals surface area contributed by atoms with E-state index in [1.807, 2.05) is 30.3 Å². The quantitative estimate of drug-likeness (QED) is 0.629. The Morgan fingerprint density at radius 3 is 2.28 bits per heavy atom. The van der Waals surface area contributed by atoms with Gasteiger partial charge in [0.15, 0.2) is 0 Å². The van der Waals surface area contributed by atoms with Crippen molar-refractivity contribution in [2.24, 2.45) is 0 Å². The molecule has 0 aliphatic carbocycles. The molecule has 1 aliphatic heterocycles. The zero-order valence-electron chi connectivity index (χ0n) is 15.5. The second-order valence-electron chi connectivity index (χ2n) is 6.68. The van der Waals surface area contributed by atoms with E-state index in [0.717, 1.165) is 10.0 Å². The van der Waals surface area contributed by atoms with Gasteiger partial charge in [-0.3, -0.25) is 9.89 Å². The van der Waals surface area contributed by atoms with Crippen LogP contribution in [0, 0.1) is 0 Å². The maximum Gasteiger partial charge on any atom is 0.271 e. The van der Waals surface area contributed by atoms with Gasteiger partial charge in [-0.1, -0.05) is 46.3 Å². The summed E-state index contributed by atoms with van der Waals surface area (Å²) in [6, 6.07) is 17.9. The maximum atomic E-state index is 12.8. The van der Waals surface area contributed by atoms with Crippen LogP contribution in [0.4, 0.5) is 0 Å². The lowest BCUT2D eigenvalue weighted by molar-refractivity contribution is 0.0692. The van der Waals surface area contributed by atoms with Crippen LogP contribution in [0.15, 0.2) is 70.0 Å². The van der Waals surface area contributed by atoms with Crippen LogP contribution in [0.5, 0.6) is 0 Å². The number of nitrogens with zero attached hydrogens (tertiary/aromatic N) is 3. The molecular formula is C20H19BrN4O3S. The molecule has 0 radical (unpaired) electrons. The molecule has 3 aromatic rings. The number of H-pyrrole nitrogens is 1. The van der Waals surface area contributed by atoms with Gasteiger partial charge in [0.05, 0.1) is 10.6 Å². The van der Waals surface area contributed by atoms with Crippen LogP contribution < -0.4 is 0 Å². The van der Waals surface area contributed by atoms with Crippen LogP contribution in [-0.2, 0) is 10.0 Å². The molecular weight excluding hydrogens is 456 g/mol. The second-order valence-corrected chi connectivity index (χ2v) is 9.54. The van der Waals surface area contributed by atoms with E-state index in [2.05, 4.69) is 26.1 Å². The number of amides is 1. The number of aromatic amines is 1. The molecule has 0 saturated carbocycles. The molecule has 1 aliphatic rings. The molecule has 1 fully saturated rings. The summed E-state index contributed by atoms with van der Waals surface area (Å²) >= 11 is 3.31. The van der Waals surface area contributed by atoms with Gasteiger partial charge in [0.2, 0.25) is 10.0 Å². The highest BCUT2D eigenvalue weighted by atomic mass is 79.9.